The Hall–Kier alpha value is -1.15. The zero-order chi connectivity index (χ0) is 11.6. The summed E-state index contributed by atoms with van der Waals surface area (Å²) in [5.41, 5.74) is 1.46. The van der Waals surface area contributed by atoms with E-state index in [1.807, 2.05) is 14.0 Å². The van der Waals surface area contributed by atoms with Gasteiger partial charge in [-0.05, 0) is 19.5 Å². The molecule has 0 aliphatic heterocycles. The van der Waals surface area contributed by atoms with E-state index in [9.17, 15) is 4.79 Å². The van der Waals surface area contributed by atoms with E-state index >= 15 is 0 Å². The summed E-state index contributed by atoms with van der Waals surface area (Å²) in [5.74, 6) is 0. The lowest BCUT2D eigenvalue weighted by atomic mass is 10.1. The van der Waals surface area contributed by atoms with Gasteiger partial charge in [-0.25, -0.2) is 0 Å². The summed E-state index contributed by atoms with van der Waals surface area (Å²) in [6.45, 7) is 13.0. The van der Waals surface area contributed by atoms with Crippen LogP contribution in [0.25, 0.3) is 0 Å². The molecule has 0 atom stereocenters. The number of rotatable bonds is 4. The highest BCUT2D eigenvalue weighted by atomic mass is 16.1. The Balaban J connectivity index is 0. The third-order valence-electron chi connectivity index (χ3n) is 1.69. The molecule has 0 saturated carbocycles. The van der Waals surface area contributed by atoms with Crippen LogP contribution in [0, 0.1) is 0 Å². The molecule has 0 radical (unpaired) electrons. The van der Waals surface area contributed by atoms with Gasteiger partial charge in [0.15, 0.2) is 0 Å². The van der Waals surface area contributed by atoms with Gasteiger partial charge in [0.1, 0.15) is 6.29 Å². The minimum Gasteiger partial charge on any atom is -0.318 e. The van der Waals surface area contributed by atoms with Crippen LogP contribution < -0.4 is 5.32 Å². The predicted molar refractivity (Wildman–Crippen MR) is 63.4 cm³/mol. The van der Waals surface area contributed by atoms with Crippen molar-refractivity contribution < 1.29 is 4.79 Å². The molecule has 0 aromatic rings. The summed E-state index contributed by atoms with van der Waals surface area (Å²) in [7, 11) is 1.95. The van der Waals surface area contributed by atoms with Gasteiger partial charge in [-0.1, -0.05) is 39.2 Å². The van der Waals surface area contributed by atoms with Crippen molar-refractivity contribution in [1.82, 2.24) is 5.32 Å². The molecule has 0 heterocycles. The Bertz CT molecular complexity index is 204. The summed E-state index contributed by atoms with van der Waals surface area (Å²) in [4.78, 5) is 10.2. The molecule has 0 aliphatic carbocycles. The zero-order valence-corrected chi connectivity index (χ0v) is 9.63. The van der Waals surface area contributed by atoms with Crippen molar-refractivity contribution in [2.24, 2.45) is 0 Å². The molecule has 14 heavy (non-hydrogen) atoms. The first-order valence-corrected chi connectivity index (χ1v) is 4.61. The monoisotopic (exact) mass is 195 g/mol. The summed E-state index contributed by atoms with van der Waals surface area (Å²) >= 11 is 0. The highest BCUT2D eigenvalue weighted by molar-refractivity contribution is 5.79. The molecule has 0 aromatic carbocycles. The average Bonchev–Trinajstić information content (AvgIpc) is 2.20. The molecule has 0 rings (SSSR count). The van der Waals surface area contributed by atoms with Crippen molar-refractivity contribution in [3.63, 3.8) is 0 Å². The highest BCUT2D eigenvalue weighted by Crippen LogP contribution is 2.01. The summed E-state index contributed by atoms with van der Waals surface area (Å²) in [5, 5.41) is 3.03. The van der Waals surface area contributed by atoms with Crippen LogP contribution in [0.5, 0.6) is 0 Å². The molecule has 0 aromatic heterocycles. The number of carbonyl (C=O) groups excluding carboxylic acids is 1. The van der Waals surface area contributed by atoms with E-state index in [4.69, 9.17) is 0 Å². The second-order valence-electron chi connectivity index (χ2n) is 3.11. The lowest BCUT2D eigenvalue weighted by Gasteiger charge is -1.95. The van der Waals surface area contributed by atoms with Gasteiger partial charge in [0, 0.05) is 11.6 Å². The fraction of sp³-hybridized carbons (Fsp3) is 0.417. The molecule has 0 fully saturated rings. The highest BCUT2D eigenvalue weighted by Gasteiger charge is 1.89. The van der Waals surface area contributed by atoms with Crippen LogP contribution in [0.1, 0.15) is 20.8 Å². The largest absolute Gasteiger partial charge is 0.318 e. The van der Waals surface area contributed by atoms with E-state index in [0.717, 1.165) is 11.9 Å². The van der Waals surface area contributed by atoms with Crippen LogP contribution >= 0.6 is 0 Å². The van der Waals surface area contributed by atoms with Crippen LogP contribution in [-0.4, -0.2) is 19.4 Å². The van der Waals surface area contributed by atoms with E-state index < -0.39 is 0 Å². The number of aldehydes is 1. The van der Waals surface area contributed by atoms with Crippen molar-refractivity contribution in [3.8, 4) is 0 Å². The lowest BCUT2D eigenvalue weighted by Crippen LogP contribution is -2.15. The van der Waals surface area contributed by atoms with Gasteiger partial charge in [-0.15, -0.1) is 0 Å². The summed E-state index contributed by atoms with van der Waals surface area (Å²) in [6, 6.07) is 0.634. The van der Waals surface area contributed by atoms with E-state index in [2.05, 4.69) is 32.3 Å². The third-order valence-corrected chi connectivity index (χ3v) is 1.69. The lowest BCUT2D eigenvalue weighted by molar-refractivity contribution is -0.104. The van der Waals surface area contributed by atoms with Gasteiger partial charge >= 0.3 is 0 Å². The van der Waals surface area contributed by atoms with Crippen LogP contribution in [0.4, 0.5) is 0 Å². The van der Waals surface area contributed by atoms with Gasteiger partial charge in [0.05, 0.1) is 0 Å². The molecule has 2 nitrogen and oxygen atoms in total. The Kier molecular flexibility index (Phi) is 10.9. The van der Waals surface area contributed by atoms with Gasteiger partial charge < -0.3 is 5.32 Å². The van der Waals surface area contributed by atoms with Gasteiger partial charge in [0.2, 0.25) is 0 Å². The smallest absolute Gasteiger partial charge is 0.150 e. The number of hydrogen-bond donors (Lipinski definition) is 1. The van der Waals surface area contributed by atoms with Crippen molar-refractivity contribution in [2.45, 2.75) is 26.8 Å². The molecular formula is C12H21NO. The summed E-state index contributed by atoms with van der Waals surface area (Å²) in [6.07, 6.45) is 3.92. The fourth-order valence-electron chi connectivity index (χ4n) is 0.420. The van der Waals surface area contributed by atoms with Crippen molar-refractivity contribution >= 4 is 6.29 Å². The first kappa shape index (κ1) is 15.3. The second-order valence-corrected chi connectivity index (χ2v) is 3.11. The number of allylic oxidation sites excluding steroid dienone is 4. The quantitative estimate of drug-likeness (QED) is 0.424. The SMILES string of the molecule is C=C/C(C)=C(\C=C)C=O.CNC(C)C. The number of carbonyl (C=O) groups is 1. The van der Waals surface area contributed by atoms with Crippen molar-refractivity contribution in [3.05, 3.63) is 36.5 Å². The molecule has 0 bridgehead atoms. The van der Waals surface area contributed by atoms with E-state index in [0.29, 0.717) is 11.6 Å². The van der Waals surface area contributed by atoms with Crippen LogP contribution in [0.15, 0.2) is 36.5 Å². The molecule has 0 unspecified atom stereocenters. The zero-order valence-electron chi connectivity index (χ0n) is 9.63. The predicted octanol–water partition coefficient (Wildman–Crippen LogP) is 2.49. The van der Waals surface area contributed by atoms with Gasteiger partial charge in [-0.3, -0.25) is 4.79 Å². The molecule has 0 aliphatic rings. The Morgan fingerprint density at radius 2 is 1.71 bits per heavy atom. The Morgan fingerprint density at radius 1 is 1.29 bits per heavy atom. The molecule has 1 N–H and O–H groups in total. The minimum atomic E-state index is 0.602. The molecule has 0 amide bonds. The van der Waals surface area contributed by atoms with Crippen molar-refractivity contribution in [2.75, 3.05) is 7.05 Å². The van der Waals surface area contributed by atoms with Crippen molar-refractivity contribution in [1.29, 1.82) is 0 Å². The molecular weight excluding hydrogens is 174 g/mol. The van der Waals surface area contributed by atoms with Gasteiger partial charge in [0.25, 0.3) is 0 Å². The molecule has 0 spiro atoms. The standard InChI is InChI=1S/C8H10O.C4H11N/c1-4-7(3)8(5-2)6-9;1-4(2)5-3/h4-6H,1-2H2,3H3;4-5H,1-3H3/b8-7+;. The molecule has 2 heteroatoms. The first-order chi connectivity index (χ1) is 6.53. The van der Waals surface area contributed by atoms with E-state index in [1.165, 1.54) is 6.08 Å². The Labute approximate surface area is 87.4 Å². The third kappa shape index (κ3) is 8.94. The normalized spacial score (nSPS) is 10.9. The van der Waals surface area contributed by atoms with E-state index in [1.54, 1.807) is 6.08 Å². The number of nitrogens with one attached hydrogen (secondary N) is 1. The summed E-state index contributed by atoms with van der Waals surface area (Å²) < 4.78 is 0. The van der Waals surface area contributed by atoms with E-state index in [-0.39, 0.29) is 0 Å². The first-order valence-electron chi connectivity index (χ1n) is 4.61. The minimum absolute atomic E-state index is 0.602. The van der Waals surface area contributed by atoms with Crippen LogP contribution in [0.2, 0.25) is 0 Å². The molecule has 0 saturated heterocycles. The molecule has 80 valence electrons. The van der Waals surface area contributed by atoms with Gasteiger partial charge in [-0.2, -0.15) is 0 Å². The van der Waals surface area contributed by atoms with Crippen LogP contribution in [0.3, 0.4) is 0 Å². The maximum Gasteiger partial charge on any atom is 0.150 e. The maximum absolute atomic E-state index is 10.2. The average molecular weight is 195 g/mol. The fourth-order valence-corrected chi connectivity index (χ4v) is 0.420. The topological polar surface area (TPSA) is 29.1 Å². The second kappa shape index (κ2) is 9.93. The van der Waals surface area contributed by atoms with Crippen LogP contribution in [-0.2, 0) is 4.79 Å². The Morgan fingerprint density at radius 3 is 1.79 bits per heavy atom. The number of hydrogen-bond acceptors (Lipinski definition) is 2. The maximum atomic E-state index is 10.2.